The van der Waals surface area contributed by atoms with Gasteiger partial charge in [0.15, 0.2) is 5.13 Å². The van der Waals surface area contributed by atoms with Crippen molar-refractivity contribution in [2.24, 2.45) is 28.4 Å². The van der Waals surface area contributed by atoms with Gasteiger partial charge in [0.1, 0.15) is 5.15 Å². The van der Waals surface area contributed by atoms with Gasteiger partial charge in [0.05, 0.1) is 18.4 Å². The number of aromatic nitrogens is 2. The van der Waals surface area contributed by atoms with E-state index in [1.165, 1.54) is 23.6 Å². The van der Waals surface area contributed by atoms with Gasteiger partial charge < -0.3 is 20.8 Å². The molecule has 5 rings (SSSR count). The van der Waals surface area contributed by atoms with Gasteiger partial charge in [-0.2, -0.15) is 0 Å². The minimum atomic E-state index is -0.743. The van der Waals surface area contributed by atoms with Crippen LogP contribution in [0.5, 0.6) is 0 Å². The summed E-state index contributed by atoms with van der Waals surface area (Å²) in [5.74, 6) is -1.27. The molecule has 12 heteroatoms. The molecule has 3 amide bonds. The summed E-state index contributed by atoms with van der Waals surface area (Å²) in [6, 6.07) is 3.05. The van der Waals surface area contributed by atoms with Crippen molar-refractivity contribution in [3.63, 3.8) is 0 Å². The van der Waals surface area contributed by atoms with Crippen molar-refractivity contribution >= 4 is 45.8 Å². The first-order valence-corrected chi connectivity index (χ1v) is 14.9. The Labute approximate surface area is 242 Å². The molecule has 5 unspecified atom stereocenters. The number of carbonyl (C=O) groups is 3. The zero-order valence-corrected chi connectivity index (χ0v) is 24.3. The van der Waals surface area contributed by atoms with E-state index in [2.05, 4.69) is 17.2 Å². The molecule has 5 N–H and O–H groups in total. The zero-order valence-electron chi connectivity index (χ0n) is 22.7. The van der Waals surface area contributed by atoms with Crippen LogP contribution >= 0.6 is 22.9 Å². The molecule has 40 heavy (non-hydrogen) atoms. The van der Waals surface area contributed by atoms with E-state index in [1.807, 2.05) is 6.92 Å². The lowest BCUT2D eigenvalue weighted by Crippen LogP contribution is -2.58. The third-order valence-electron chi connectivity index (χ3n) is 9.73. The van der Waals surface area contributed by atoms with Gasteiger partial charge in [-0.05, 0) is 55.6 Å². The van der Waals surface area contributed by atoms with E-state index >= 15 is 0 Å². The minimum Gasteiger partial charge on any atom is -0.396 e. The number of aliphatic hydroxyl groups excluding tert-OH is 2. The number of anilines is 1. The molecule has 2 fully saturated rings. The van der Waals surface area contributed by atoms with Crippen LogP contribution in [0.3, 0.4) is 0 Å². The Morgan fingerprint density at radius 2 is 1.98 bits per heavy atom. The number of rotatable bonds is 6. The van der Waals surface area contributed by atoms with Crippen LogP contribution in [-0.2, 0) is 16.0 Å². The Balaban J connectivity index is 1.46. The van der Waals surface area contributed by atoms with Crippen LogP contribution in [0.2, 0.25) is 5.15 Å². The Morgan fingerprint density at radius 3 is 2.62 bits per heavy atom. The Morgan fingerprint density at radius 1 is 1.25 bits per heavy atom. The lowest BCUT2D eigenvalue weighted by atomic mass is 9.47. The number of pyridine rings is 1. The largest absolute Gasteiger partial charge is 0.396 e. The molecule has 2 aliphatic carbocycles. The molecular weight excluding hydrogens is 554 g/mol. The van der Waals surface area contributed by atoms with E-state index in [1.54, 1.807) is 11.0 Å². The number of primary amides is 1. The van der Waals surface area contributed by atoms with Crippen LogP contribution < -0.4 is 11.1 Å². The predicted molar refractivity (Wildman–Crippen MR) is 151 cm³/mol. The number of carbonyl (C=O) groups excluding carboxylic acids is 3. The van der Waals surface area contributed by atoms with Crippen LogP contribution in [0.25, 0.3) is 0 Å². The second-order valence-electron chi connectivity index (χ2n) is 11.9. The maximum atomic E-state index is 13.7. The fourth-order valence-electron chi connectivity index (χ4n) is 7.13. The minimum absolute atomic E-state index is 0.0115. The first-order valence-electron chi connectivity index (χ1n) is 13.7. The molecule has 0 spiro atoms. The fraction of sp³-hybridized carbons (Fsp3) is 0.607. The molecule has 0 aromatic carbocycles. The SMILES string of the molecule is CC1(CO)C(O)CCC2(C)C(CC(=O)N3CCC(C(N)=O)CC3)c3nc(NC(=O)c4ccnc(Cl)c4)sc3CC12. The van der Waals surface area contributed by atoms with E-state index in [4.69, 9.17) is 22.3 Å². The quantitative estimate of drug-likeness (QED) is 0.377. The van der Waals surface area contributed by atoms with Gasteiger partial charge in [0.2, 0.25) is 11.8 Å². The summed E-state index contributed by atoms with van der Waals surface area (Å²) in [7, 11) is 0. The van der Waals surface area contributed by atoms with E-state index in [-0.39, 0.29) is 53.7 Å². The number of piperidine rings is 1. The summed E-state index contributed by atoms with van der Waals surface area (Å²) >= 11 is 7.33. The molecule has 3 heterocycles. The molecule has 10 nitrogen and oxygen atoms in total. The average Bonchev–Trinajstić information content (AvgIpc) is 3.34. The number of amides is 3. The smallest absolute Gasteiger partial charge is 0.257 e. The van der Waals surface area contributed by atoms with Crippen LogP contribution in [0, 0.1) is 22.7 Å². The number of fused-ring (bicyclic) bond motifs is 2. The Kier molecular flexibility index (Phi) is 7.95. The van der Waals surface area contributed by atoms with Crippen LogP contribution in [0.4, 0.5) is 5.13 Å². The molecule has 1 saturated heterocycles. The summed E-state index contributed by atoms with van der Waals surface area (Å²) in [6.07, 6.45) is 3.91. The van der Waals surface area contributed by atoms with E-state index in [9.17, 15) is 24.6 Å². The van der Waals surface area contributed by atoms with Gasteiger partial charge in [-0.3, -0.25) is 19.7 Å². The first kappa shape index (κ1) is 28.9. The van der Waals surface area contributed by atoms with Crippen molar-refractivity contribution in [3.8, 4) is 0 Å². The van der Waals surface area contributed by atoms with Gasteiger partial charge in [0.25, 0.3) is 5.91 Å². The number of likely N-dealkylation sites (tertiary alicyclic amines) is 1. The van der Waals surface area contributed by atoms with Crippen molar-refractivity contribution in [1.82, 2.24) is 14.9 Å². The van der Waals surface area contributed by atoms with Crippen LogP contribution in [-0.4, -0.2) is 68.6 Å². The van der Waals surface area contributed by atoms with Gasteiger partial charge in [0, 0.05) is 53.4 Å². The molecule has 0 radical (unpaired) electrons. The number of nitrogens with zero attached hydrogens (tertiary/aromatic N) is 3. The fourth-order valence-corrected chi connectivity index (χ4v) is 8.37. The third-order valence-corrected chi connectivity index (χ3v) is 10.9. The van der Waals surface area contributed by atoms with E-state index in [0.717, 1.165) is 10.6 Å². The summed E-state index contributed by atoms with van der Waals surface area (Å²) in [6.45, 7) is 4.86. The number of halogens is 1. The van der Waals surface area contributed by atoms with Crippen LogP contribution in [0.15, 0.2) is 18.3 Å². The molecule has 1 aliphatic heterocycles. The van der Waals surface area contributed by atoms with Crippen molar-refractivity contribution in [3.05, 3.63) is 39.6 Å². The van der Waals surface area contributed by atoms with Crippen molar-refractivity contribution in [1.29, 1.82) is 0 Å². The normalized spacial score (nSPS) is 30.3. The topological polar surface area (TPSA) is 159 Å². The van der Waals surface area contributed by atoms with E-state index < -0.39 is 16.9 Å². The van der Waals surface area contributed by atoms with Gasteiger partial charge in [-0.25, -0.2) is 9.97 Å². The molecular formula is C28H36ClN5O5S. The molecule has 2 aromatic heterocycles. The van der Waals surface area contributed by atoms with Crippen molar-refractivity contribution < 1.29 is 24.6 Å². The summed E-state index contributed by atoms with van der Waals surface area (Å²) in [4.78, 5) is 49.8. The maximum absolute atomic E-state index is 13.7. The molecule has 1 saturated carbocycles. The number of nitrogens with one attached hydrogen (secondary N) is 1. The summed E-state index contributed by atoms with van der Waals surface area (Å²) in [5.41, 5.74) is 5.49. The number of aliphatic hydroxyl groups is 2. The first-order chi connectivity index (χ1) is 19.0. The van der Waals surface area contributed by atoms with Crippen molar-refractivity contribution in [2.75, 3.05) is 25.0 Å². The number of hydrogen-bond acceptors (Lipinski definition) is 8. The molecule has 2 aromatic rings. The lowest BCUT2D eigenvalue weighted by Gasteiger charge is -2.58. The second-order valence-corrected chi connectivity index (χ2v) is 13.4. The Hall–Kier alpha value is -2.60. The third kappa shape index (κ3) is 5.13. The highest BCUT2D eigenvalue weighted by molar-refractivity contribution is 7.15. The number of thiazole rings is 1. The number of hydrogen-bond donors (Lipinski definition) is 4. The Bertz CT molecular complexity index is 1310. The predicted octanol–water partition coefficient (Wildman–Crippen LogP) is 2.97. The van der Waals surface area contributed by atoms with Crippen molar-refractivity contribution in [2.45, 2.75) is 64.4 Å². The summed E-state index contributed by atoms with van der Waals surface area (Å²) < 4.78 is 0. The maximum Gasteiger partial charge on any atom is 0.257 e. The lowest BCUT2D eigenvalue weighted by molar-refractivity contribution is -0.148. The monoisotopic (exact) mass is 589 g/mol. The highest BCUT2D eigenvalue weighted by Crippen LogP contribution is 2.63. The standard InChI is InChI=1S/C28H36ClN5O5S/c1-27-7-3-20(36)28(2,14-35)19(27)13-18-23(17(27)12-22(37)34-9-5-15(6-10-34)24(30)38)32-26(40-18)33-25(39)16-4-8-31-21(29)11-16/h4,8,11,15,17,19-20,35-36H,3,5-7,9-10,12-14H2,1-2H3,(H2,30,38)(H,32,33,39). The van der Waals surface area contributed by atoms with Gasteiger partial charge in [-0.1, -0.05) is 25.4 Å². The highest BCUT2D eigenvalue weighted by atomic mass is 35.5. The number of nitrogens with two attached hydrogens (primary N) is 1. The van der Waals surface area contributed by atoms with Gasteiger partial charge >= 0.3 is 0 Å². The molecule has 0 bridgehead atoms. The molecule has 3 aliphatic rings. The molecule has 216 valence electrons. The zero-order chi connectivity index (χ0) is 28.8. The molecule has 5 atom stereocenters. The van der Waals surface area contributed by atoms with Crippen LogP contribution in [0.1, 0.15) is 72.8 Å². The summed E-state index contributed by atoms with van der Waals surface area (Å²) in [5, 5.41) is 25.0. The highest BCUT2D eigenvalue weighted by Gasteiger charge is 2.59. The second kappa shape index (κ2) is 11.0. The van der Waals surface area contributed by atoms with Gasteiger partial charge in [-0.15, -0.1) is 11.3 Å². The van der Waals surface area contributed by atoms with E-state index in [0.29, 0.717) is 55.9 Å². The average molecular weight is 590 g/mol.